The molecule has 0 amide bonds. The highest BCUT2D eigenvalue weighted by Crippen LogP contribution is 2.31. The molecule has 0 bridgehead atoms. The lowest BCUT2D eigenvalue weighted by molar-refractivity contribution is -0.00666. The van der Waals surface area contributed by atoms with Gasteiger partial charge in [0.1, 0.15) is 0 Å². The Morgan fingerprint density at radius 1 is 1.31 bits per heavy atom. The lowest BCUT2D eigenvalue weighted by Gasteiger charge is -2.35. The van der Waals surface area contributed by atoms with Gasteiger partial charge in [0, 0.05) is 19.7 Å². The number of rotatable bonds is 4. The average molecular weight is 227 g/mol. The molecule has 1 aliphatic carbocycles. The second-order valence-corrected chi connectivity index (χ2v) is 5.77. The highest BCUT2D eigenvalue weighted by molar-refractivity contribution is 4.86. The molecule has 0 aromatic heterocycles. The Kier molecular flexibility index (Phi) is 4.22. The van der Waals surface area contributed by atoms with Crippen molar-refractivity contribution in [3.05, 3.63) is 0 Å². The normalized spacial score (nSPS) is 40.1. The van der Waals surface area contributed by atoms with Crippen LogP contribution in [0.4, 0.5) is 0 Å². The average Bonchev–Trinajstić information content (AvgIpc) is 2.76. The third kappa shape index (κ3) is 3.44. The highest BCUT2D eigenvalue weighted by atomic mass is 16.5. The molecule has 1 saturated heterocycles. The van der Waals surface area contributed by atoms with Gasteiger partial charge in [-0.1, -0.05) is 6.92 Å². The molecule has 0 spiro atoms. The number of ether oxygens (including phenoxy) is 1. The third-order valence-corrected chi connectivity index (χ3v) is 4.12. The Balaban J connectivity index is 1.64. The van der Waals surface area contributed by atoms with Gasteiger partial charge in [0.25, 0.3) is 0 Å². The highest BCUT2D eigenvalue weighted by Gasteiger charge is 2.31. The lowest BCUT2D eigenvalue weighted by Crippen LogP contribution is -2.44. The molecule has 2 rings (SSSR count). The molecule has 2 N–H and O–H groups in total. The molecule has 1 aliphatic heterocycles. The molecule has 0 aromatic rings. The minimum Gasteiger partial charge on any atom is -0.389 e. The maximum absolute atomic E-state index is 10.4. The van der Waals surface area contributed by atoms with Crippen LogP contribution in [0.5, 0.6) is 0 Å². The summed E-state index contributed by atoms with van der Waals surface area (Å²) in [6.07, 6.45) is 5.43. The number of hydrogen-bond donors (Lipinski definition) is 2. The summed E-state index contributed by atoms with van der Waals surface area (Å²) in [6, 6.07) is 0. The number of aliphatic hydroxyl groups is 1. The first kappa shape index (κ1) is 12.3. The quantitative estimate of drug-likeness (QED) is 0.766. The van der Waals surface area contributed by atoms with E-state index in [9.17, 15) is 5.11 Å². The van der Waals surface area contributed by atoms with Crippen molar-refractivity contribution in [2.75, 3.05) is 26.3 Å². The first-order valence-electron chi connectivity index (χ1n) is 6.69. The zero-order valence-electron chi connectivity index (χ0n) is 10.4. The van der Waals surface area contributed by atoms with Crippen molar-refractivity contribution in [1.82, 2.24) is 5.32 Å². The maximum Gasteiger partial charge on any atom is 0.0771 e. The fourth-order valence-corrected chi connectivity index (χ4v) is 2.73. The smallest absolute Gasteiger partial charge is 0.0771 e. The van der Waals surface area contributed by atoms with E-state index in [2.05, 4.69) is 12.2 Å². The Labute approximate surface area is 98.6 Å². The van der Waals surface area contributed by atoms with E-state index in [1.807, 2.05) is 0 Å². The van der Waals surface area contributed by atoms with E-state index < -0.39 is 5.60 Å². The van der Waals surface area contributed by atoms with Gasteiger partial charge in [-0.3, -0.25) is 0 Å². The monoisotopic (exact) mass is 227 g/mol. The molecule has 0 radical (unpaired) electrons. The van der Waals surface area contributed by atoms with Crippen LogP contribution in [0.1, 0.15) is 39.0 Å². The molecule has 1 heterocycles. The van der Waals surface area contributed by atoms with Crippen molar-refractivity contribution in [2.24, 2.45) is 11.8 Å². The molecule has 94 valence electrons. The second-order valence-electron chi connectivity index (χ2n) is 5.77. The first-order valence-corrected chi connectivity index (χ1v) is 6.69. The predicted molar refractivity (Wildman–Crippen MR) is 64.4 cm³/mol. The van der Waals surface area contributed by atoms with Crippen molar-refractivity contribution in [1.29, 1.82) is 0 Å². The van der Waals surface area contributed by atoms with Crippen LogP contribution in [-0.2, 0) is 4.74 Å². The van der Waals surface area contributed by atoms with Crippen LogP contribution < -0.4 is 5.32 Å². The molecular formula is C13H25NO2. The van der Waals surface area contributed by atoms with E-state index in [1.54, 1.807) is 0 Å². The van der Waals surface area contributed by atoms with Crippen molar-refractivity contribution in [3.63, 3.8) is 0 Å². The summed E-state index contributed by atoms with van der Waals surface area (Å²) < 4.78 is 5.34. The Morgan fingerprint density at radius 3 is 2.69 bits per heavy atom. The van der Waals surface area contributed by atoms with Crippen LogP contribution in [0.2, 0.25) is 0 Å². The number of hydrogen-bond acceptors (Lipinski definition) is 3. The third-order valence-electron chi connectivity index (χ3n) is 4.12. The van der Waals surface area contributed by atoms with E-state index in [-0.39, 0.29) is 0 Å². The van der Waals surface area contributed by atoms with Crippen molar-refractivity contribution < 1.29 is 9.84 Å². The molecule has 2 aliphatic rings. The molecule has 0 aromatic carbocycles. The first-order chi connectivity index (χ1) is 7.68. The molecule has 2 fully saturated rings. The van der Waals surface area contributed by atoms with Crippen LogP contribution in [0.15, 0.2) is 0 Å². The Hall–Kier alpha value is -0.120. The minimum atomic E-state index is -0.439. The topological polar surface area (TPSA) is 41.5 Å². The van der Waals surface area contributed by atoms with Gasteiger partial charge in [-0.25, -0.2) is 0 Å². The van der Waals surface area contributed by atoms with Gasteiger partial charge in [0.15, 0.2) is 0 Å². The molecule has 1 unspecified atom stereocenters. The Bertz CT molecular complexity index is 206. The van der Waals surface area contributed by atoms with Gasteiger partial charge < -0.3 is 15.2 Å². The van der Waals surface area contributed by atoms with Crippen LogP contribution in [-0.4, -0.2) is 37.0 Å². The Morgan fingerprint density at radius 2 is 2.06 bits per heavy atom. The van der Waals surface area contributed by atoms with Crippen molar-refractivity contribution >= 4 is 0 Å². The van der Waals surface area contributed by atoms with E-state index in [4.69, 9.17) is 4.74 Å². The summed E-state index contributed by atoms with van der Waals surface area (Å²) in [7, 11) is 0. The standard InChI is InChI=1S/C13H25NO2/c1-11-2-5-13(15,6-3-11)10-14-8-12-4-7-16-9-12/h11-12,14-15H,2-10H2,1H3. The summed E-state index contributed by atoms with van der Waals surface area (Å²) in [4.78, 5) is 0. The molecule has 16 heavy (non-hydrogen) atoms. The lowest BCUT2D eigenvalue weighted by atomic mass is 9.79. The summed E-state index contributed by atoms with van der Waals surface area (Å²) in [5, 5.41) is 13.8. The summed E-state index contributed by atoms with van der Waals surface area (Å²) in [5.74, 6) is 1.45. The van der Waals surface area contributed by atoms with Crippen LogP contribution in [0, 0.1) is 11.8 Å². The molecule has 1 saturated carbocycles. The van der Waals surface area contributed by atoms with Crippen LogP contribution in [0.3, 0.4) is 0 Å². The van der Waals surface area contributed by atoms with Crippen molar-refractivity contribution in [2.45, 2.75) is 44.6 Å². The van der Waals surface area contributed by atoms with Crippen molar-refractivity contribution in [3.8, 4) is 0 Å². The fourth-order valence-electron chi connectivity index (χ4n) is 2.73. The summed E-state index contributed by atoms with van der Waals surface area (Å²) in [6.45, 7) is 5.84. The van der Waals surface area contributed by atoms with Gasteiger partial charge in [0.2, 0.25) is 0 Å². The fraction of sp³-hybridized carbons (Fsp3) is 1.00. The van der Waals surface area contributed by atoms with E-state index >= 15 is 0 Å². The van der Waals surface area contributed by atoms with E-state index in [0.717, 1.165) is 45.1 Å². The van der Waals surface area contributed by atoms with E-state index in [0.29, 0.717) is 5.92 Å². The minimum absolute atomic E-state index is 0.439. The summed E-state index contributed by atoms with van der Waals surface area (Å²) in [5.41, 5.74) is -0.439. The van der Waals surface area contributed by atoms with Gasteiger partial charge in [-0.15, -0.1) is 0 Å². The van der Waals surface area contributed by atoms with Gasteiger partial charge in [-0.05, 0) is 43.9 Å². The molecule has 3 heteroatoms. The largest absolute Gasteiger partial charge is 0.389 e. The number of nitrogens with one attached hydrogen (secondary N) is 1. The SMILES string of the molecule is CC1CCC(O)(CNCC2CCOC2)CC1. The van der Waals surface area contributed by atoms with Gasteiger partial charge >= 0.3 is 0 Å². The van der Waals surface area contributed by atoms with Gasteiger partial charge in [-0.2, -0.15) is 0 Å². The van der Waals surface area contributed by atoms with Crippen LogP contribution in [0.25, 0.3) is 0 Å². The van der Waals surface area contributed by atoms with E-state index in [1.165, 1.54) is 19.3 Å². The zero-order valence-corrected chi connectivity index (χ0v) is 10.4. The molecular weight excluding hydrogens is 202 g/mol. The molecule has 1 atom stereocenters. The zero-order chi connectivity index (χ0) is 11.4. The van der Waals surface area contributed by atoms with Crippen LogP contribution >= 0.6 is 0 Å². The summed E-state index contributed by atoms with van der Waals surface area (Å²) >= 11 is 0. The maximum atomic E-state index is 10.4. The molecule has 3 nitrogen and oxygen atoms in total. The predicted octanol–water partition coefficient (Wildman–Crippen LogP) is 1.55. The van der Waals surface area contributed by atoms with Gasteiger partial charge in [0.05, 0.1) is 12.2 Å². The second kappa shape index (κ2) is 5.48.